The van der Waals surface area contributed by atoms with Gasteiger partial charge in [-0.3, -0.25) is 4.84 Å². The molecule has 2 rings (SSSR count). The zero-order chi connectivity index (χ0) is 15.1. The number of hydroxylamine groups is 2. The smallest absolute Gasteiger partial charge is 0.352 e. The summed E-state index contributed by atoms with van der Waals surface area (Å²) in [6.07, 6.45) is -1.06. The van der Waals surface area contributed by atoms with Crippen LogP contribution in [-0.2, 0) is 15.2 Å². The van der Waals surface area contributed by atoms with Gasteiger partial charge in [0.05, 0.1) is 7.11 Å². The highest BCUT2D eigenvalue weighted by Gasteiger charge is 2.45. The lowest BCUT2D eigenvalue weighted by Crippen LogP contribution is -2.35. The highest BCUT2D eigenvalue weighted by Crippen LogP contribution is 2.31. The van der Waals surface area contributed by atoms with Crippen molar-refractivity contribution in [1.29, 1.82) is 0 Å². The topological polar surface area (TPSA) is 88.3 Å². The molecule has 2 amide bonds. The number of hydrogen-bond donors (Lipinski definition) is 1. The summed E-state index contributed by atoms with van der Waals surface area (Å²) >= 11 is 0. The first-order valence-electron chi connectivity index (χ1n) is 6.20. The van der Waals surface area contributed by atoms with Crippen molar-refractivity contribution in [2.75, 3.05) is 19.1 Å². The minimum atomic E-state index is -1.06. The van der Waals surface area contributed by atoms with E-state index in [1.165, 1.54) is 7.11 Å². The first-order valence-corrected chi connectivity index (χ1v) is 6.20. The molecule has 1 aromatic heterocycles. The number of methoxy groups -OCH3 is 1. The van der Waals surface area contributed by atoms with Gasteiger partial charge in [0.25, 0.3) is 0 Å². The van der Waals surface area contributed by atoms with Crippen LogP contribution in [0.2, 0.25) is 0 Å². The molecule has 1 fully saturated rings. The third-order valence-corrected chi connectivity index (χ3v) is 3.51. The standard InChI is InChI=1S/C12H19N3O5/c1-7-10(16)14(11(17)15(7)19-5)9-6-8(20-13-9)12(2,3)18-4/h6-7,10,16H,1-5H3. The molecular formula is C12H19N3O5. The molecule has 1 saturated heterocycles. The Morgan fingerprint density at radius 2 is 2.10 bits per heavy atom. The third kappa shape index (κ3) is 2.15. The van der Waals surface area contributed by atoms with Gasteiger partial charge in [-0.2, -0.15) is 5.06 Å². The van der Waals surface area contributed by atoms with Crippen LogP contribution < -0.4 is 4.90 Å². The SMILES string of the molecule is CON1C(=O)N(c2cc(C(C)(C)OC)on2)C(O)C1C. The van der Waals surface area contributed by atoms with Crippen LogP contribution in [0.4, 0.5) is 10.6 Å². The highest BCUT2D eigenvalue weighted by atomic mass is 16.7. The number of aliphatic hydroxyl groups is 1. The average molecular weight is 285 g/mol. The van der Waals surface area contributed by atoms with Gasteiger partial charge in [0.1, 0.15) is 11.6 Å². The van der Waals surface area contributed by atoms with E-state index < -0.39 is 23.9 Å². The van der Waals surface area contributed by atoms with Crippen LogP contribution in [0.25, 0.3) is 0 Å². The maximum absolute atomic E-state index is 12.1. The molecule has 1 aromatic rings. The van der Waals surface area contributed by atoms with Gasteiger partial charge in [-0.1, -0.05) is 5.16 Å². The molecule has 8 nitrogen and oxygen atoms in total. The van der Waals surface area contributed by atoms with E-state index in [2.05, 4.69) is 5.16 Å². The molecular weight excluding hydrogens is 266 g/mol. The average Bonchev–Trinajstić information content (AvgIpc) is 2.96. The van der Waals surface area contributed by atoms with Gasteiger partial charge >= 0.3 is 6.03 Å². The largest absolute Gasteiger partial charge is 0.371 e. The molecule has 0 radical (unpaired) electrons. The summed E-state index contributed by atoms with van der Waals surface area (Å²) in [4.78, 5) is 18.2. The van der Waals surface area contributed by atoms with E-state index in [4.69, 9.17) is 14.1 Å². The second-order valence-electron chi connectivity index (χ2n) is 5.08. The van der Waals surface area contributed by atoms with E-state index in [9.17, 15) is 9.90 Å². The van der Waals surface area contributed by atoms with Gasteiger partial charge in [-0.15, -0.1) is 0 Å². The van der Waals surface area contributed by atoms with Gasteiger partial charge in [0.15, 0.2) is 17.8 Å². The Morgan fingerprint density at radius 1 is 1.45 bits per heavy atom. The van der Waals surface area contributed by atoms with E-state index in [-0.39, 0.29) is 5.82 Å². The molecule has 112 valence electrons. The van der Waals surface area contributed by atoms with E-state index >= 15 is 0 Å². The third-order valence-electron chi connectivity index (χ3n) is 3.51. The Morgan fingerprint density at radius 3 is 2.60 bits per heavy atom. The summed E-state index contributed by atoms with van der Waals surface area (Å²) in [5.41, 5.74) is -0.675. The normalized spacial score (nSPS) is 23.8. The lowest BCUT2D eigenvalue weighted by molar-refractivity contribution is -0.111. The van der Waals surface area contributed by atoms with Crippen LogP contribution in [0.5, 0.6) is 0 Å². The Balaban J connectivity index is 2.31. The minimum Gasteiger partial charge on any atom is -0.371 e. The summed E-state index contributed by atoms with van der Waals surface area (Å²) in [6.45, 7) is 5.29. The zero-order valence-corrected chi connectivity index (χ0v) is 12.2. The molecule has 2 heterocycles. The zero-order valence-electron chi connectivity index (χ0n) is 12.2. The molecule has 20 heavy (non-hydrogen) atoms. The Kier molecular flexibility index (Phi) is 3.72. The number of anilines is 1. The van der Waals surface area contributed by atoms with Crippen LogP contribution in [-0.4, -0.2) is 47.8 Å². The Bertz CT molecular complexity index is 501. The Labute approximate surface area is 116 Å². The fraction of sp³-hybridized carbons (Fsp3) is 0.667. The molecule has 2 atom stereocenters. The van der Waals surface area contributed by atoms with Crippen LogP contribution in [0.3, 0.4) is 0 Å². The first kappa shape index (κ1) is 14.8. The molecule has 0 saturated carbocycles. The maximum atomic E-state index is 12.1. The maximum Gasteiger partial charge on any atom is 0.352 e. The van der Waals surface area contributed by atoms with E-state index in [0.717, 1.165) is 9.96 Å². The number of rotatable bonds is 4. The van der Waals surface area contributed by atoms with Crippen molar-refractivity contribution in [3.63, 3.8) is 0 Å². The molecule has 1 aliphatic heterocycles. The summed E-state index contributed by atoms with van der Waals surface area (Å²) < 4.78 is 10.5. The van der Waals surface area contributed by atoms with Gasteiger partial charge < -0.3 is 14.4 Å². The highest BCUT2D eigenvalue weighted by molar-refractivity contribution is 5.93. The lowest BCUT2D eigenvalue weighted by Gasteiger charge is -2.18. The number of carbonyl (C=O) groups excluding carboxylic acids is 1. The van der Waals surface area contributed by atoms with E-state index in [0.29, 0.717) is 5.76 Å². The minimum absolute atomic E-state index is 0.217. The Hall–Kier alpha value is -1.64. The number of aliphatic hydroxyl groups excluding tert-OH is 1. The monoisotopic (exact) mass is 285 g/mol. The van der Waals surface area contributed by atoms with Crippen molar-refractivity contribution in [2.24, 2.45) is 0 Å². The molecule has 8 heteroatoms. The fourth-order valence-electron chi connectivity index (χ4n) is 1.97. The number of urea groups is 1. The number of hydrogen-bond acceptors (Lipinski definition) is 6. The molecule has 2 unspecified atom stereocenters. The summed E-state index contributed by atoms with van der Waals surface area (Å²) in [5.74, 6) is 0.674. The van der Waals surface area contributed by atoms with Gasteiger partial charge in [0.2, 0.25) is 0 Å². The number of amides is 2. The van der Waals surface area contributed by atoms with Crippen molar-refractivity contribution < 1.29 is 24.0 Å². The predicted octanol–water partition coefficient (Wildman–Crippen LogP) is 1.07. The molecule has 0 spiro atoms. The molecule has 0 bridgehead atoms. The van der Waals surface area contributed by atoms with Crippen molar-refractivity contribution in [2.45, 2.75) is 38.6 Å². The number of nitrogens with zero attached hydrogens (tertiary/aromatic N) is 3. The van der Waals surface area contributed by atoms with Crippen molar-refractivity contribution in [3.8, 4) is 0 Å². The van der Waals surface area contributed by atoms with Crippen LogP contribution in [0, 0.1) is 0 Å². The predicted molar refractivity (Wildman–Crippen MR) is 68.7 cm³/mol. The van der Waals surface area contributed by atoms with Gasteiger partial charge in [-0.25, -0.2) is 9.69 Å². The lowest BCUT2D eigenvalue weighted by atomic mass is 10.1. The number of ether oxygens (including phenoxy) is 1. The van der Waals surface area contributed by atoms with Crippen molar-refractivity contribution in [3.05, 3.63) is 11.8 Å². The molecule has 0 aromatic carbocycles. The molecule has 1 aliphatic rings. The summed E-state index contributed by atoms with van der Waals surface area (Å²) in [5, 5.41) is 15.0. The van der Waals surface area contributed by atoms with Gasteiger partial charge in [0, 0.05) is 13.2 Å². The van der Waals surface area contributed by atoms with E-state index in [1.54, 1.807) is 20.1 Å². The number of aromatic nitrogens is 1. The first-order chi connectivity index (χ1) is 9.33. The second kappa shape index (κ2) is 5.04. The molecule has 1 N–H and O–H groups in total. The van der Waals surface area contributed by atoms with Gasteiger partial charge in [-0.05, 0) is 20.8 Å². The van der Waals surface area contributed by atoms with E-state index in [1.807, 2.05) is 13.8 Å². The van der Waals surface area contributed by atoms with Crippen LogP contribution >= 0.6 is 0 Å². The second-order valence-corrected chi connectivity index (χ2v) is 5.08. The van der Waals surface area contributed by atoms with Crippen molar-refractivity contribution >= 4 is 11.8 Å². The van der Waals surface area contributed by atoms with Crippen LogP contribution in [0.15, 0.2) is 10.6 Å². The quantitative estimate of drug-likeness (QED) is 0.890. The van der Waals surface area contributed by atoms with Crippen LogP contribution in [0.1, 0.15) is 26.5 Å². The fourth-order valence-corrected chi connectivity index (χ4v) is 1.97. The van der Waals surface area contributed by atoms with Crippen molar-refractivity contribution in [1.82, 2.24) is 10.2 Å². The summed E-state index contributed by atoms with van der Waals surface area (Å²) in [6, 6.07) is 0.557. The number of carbonyl (C=O) groups is 1. The summed E-state index contributed by atoms with van der Waals surface area (Å²) in [7, 11) is 2.92. The molecule has 0 aliphatic carbocycles.